The lowest BCUT2D eigenvalue weighted by Gasteiger charge is -2.20. The number of pyridine rings is 1. The van der Waals surface area contributed by atoms with Gasteiger partial charge in [-0.25, -0.2) is 4.79 Å². The third-order valence-electron chi connectivity index (χ3n) is 3.69. The van der Waals surface area contributed by atoms with Crippen LogP contribution < -0.4 is 5.32 Å². The van der Waals surface area contributed by atoms with Crippen molar-refractivity contribution in [1.82, 2.24) is 9.88 Å². The molecule has 1 aliphatic heterocycles. The largest absolute Gasteiger partial charge is 0.465 e. The normalized spacial score (nSPS) is 17.9. The monoisotopic (exact) mass is 285 g/mol. The van der Waals surface area contributed by atoms with Crippen molar-refractivity contribution in [1.29, 1.82) is 0 Å². The third-order valence-corrected chi connectivity index (χ3v) is 3.69. The molecule has 6 nitrogen and oxygen atoms in total. The Balaban J connectivity index is 1.85. The van der Waals surface area contributed by atoms with Crippen LogP contribution in [0.3, 0.4) is 0 Å². The van der Waals surface area contributed by atoms with E-state index < -0.39 is 12.1 Å². The number of para-hydroxylation sites is 1. The van der Waals surface area contributed by atoms with E-state index in [0.29, 0.717) is 30.6 Å². The maximum absolute atomic E-state index is 12.3. The maximum Gasteiger partial charge on any atom is 0.407 e. The molecule has 0 aliphatic carbocycles. The van der Waals surface area contributed by atoms with Crippen molar-refractivity contribution >= 4 is 28.6 Å². The van der Waals surface area contributed by atoms with Crippen molar-refractivity contribution in [3.63, 3.8) is 0 Å². The summed E-state index contributed by atoms with van der Waals surface area (Å²) >= 11 is 0. The van der Waals surface area contributed by atoms with E-state index in [0.717, 1.165) is 5.39 Å². The molecule has 1 atom stereocenters. The Morgan fingerprint density at radius 2 is 2.10 bits per heavy atom. The highest BCUT2D eigenvalue weighted by molar-refractivity contribution is 6.03. The molecule has 1 aromatic carbocycles. The second-order valence-corrected chi connectivity index (χ2v) is 5.00. The SMILES string of the molecule is O=C(Nc1cccc2cccnc12)C1CCCN1C(=O)O. The lowest BCUT2D eigenvalue weighted by molar-refractivity contribution is -0.119. The fraction of sp³-hybridized carbons (Fsp3) is 0.267. The summed E-state index contributed by atoms with van der Waals surface area (Å²) in [6.45, 7) is 0.404. The van der Waals surface area contributed by atoms with E-state index in [-0.39, 0.29) is 5.91 Å². The molecule has 1 aromatic heterocycles. The van der Waals surface area contributed by atoms with E-state index in [1.807, 2.05) is 24.3 Å². The first-order valence-corrected chi connectivity index (χ1v) is 6.81. The van der Waals surface area contributed by atoms with Gasteiger partial charge in [0.25, 0.3) is 0 Å². The van der Waals surface area contributed by atoms with Crippen LogP contribution in [0.25, 0.3) is 10.9 Å². The molecule has 2 heterocycles. The van der Waals surface area contributed by atoms with Gasteiger partial charge in [-0.3, -0.25) is 14.7 Å². The molecule has 3 rings (SSSR count). The molecule has 2 N–H and O–H groups in total. The topological polar surface area (TPSA) is 82.5 Å². The molecule has 0 spiro atoms. The van der Waals surface area contributed by atoms with Crippen LogP contribution in [0, 0.1) is 0 Å². The van der Waals surface area contributed by atoms with Gasteiger partial charge in [-0.1, -0.05) is 18.2 Å². The molecule has 2 amide bonds. The Morgan fingerprint density at radius 3 is 2.90 bits per heavy atom. The Bertz CT molecular complexity index is 696. The predicted molar refractivity (Wildman–Crippen MR) is 78.1 cm³/mol. The Labute approximate surface area is 121 Å². The number of likely N-dealkylation sites (tertiary alicyclic amines) is 1. The van der Waals surface area contributed by atoms with Crippen LogP contribution in [0.2, 0.25) is 0 Å². The molecule has 0 bridgehead atoms. The standard InChI is InChI=1S/C15H15N3O3/c19-14(12-7-3-9-18(12)15(20)21)17-11-6-1-4-10-5-2-8-16-13(10)11/h1-2,4-6,8,12H,3,7,9H2,(H,17,19)(H,20,21). The van der Waals surface area contributed by atoms with Crippen molar-refractivity contribution in [2.45, 2.75) is 18.9 Å². The average Bonchev–Trinajstić information content (AvgIpc) is 2.97. The molecular formula is C15H15N3O3. The first kappa shape index (κ1) is 13.4. The van der Waals surface area contributed by atoms with Crippen LogP contribution in [-0.2, 0) is 4.79 Å². The number of anilines is 1. The van der Waals surface area contributed by atoms with Gasteiger partial charge >= 0.3 is 6.09 Å². The smallest absolute Gasteiger partial charge is 0.407 e. The van der Waals surface area contributed by atoms with Gasteiger partial charge in [0.1, 0.15) is 6.04 Å². The maximum atomic E-state index is 12.3. The number of nitrogens with zero attached hydrogens (tertiary/aromatic N) is 2. The van der Waals surface area contributed by atoms with E-state index >= 15 is 0 Å². The molecule has 0 saturated carbocycles. The van der Waals surface area contributed by atoms with E-state index in [1.54, 1.807) is 12.3 Å². The van der Waals surface area contributed by atoms with Crippen LogP contribution >= 0.6 is 0 Å². The number of aromatic nitrogens is 1. The predicted octanol–water partition coefficient (Wildman–Crippen LogP) is 2.32. The lowest BCUT2D eigenvalue weighted by atomic mass is 10.1. The van der Waals surface area contributed by atoms with Crippen LogP contribution in [0.15, 0.2) is 36.5 Å². The summed E-state index contributed by atoms with van der Waals surface area (Å²) in [5.74, 6) is -0.298. The quantitative estimate of drug-likeness (QED) is 0.887. The average molecular weight is 285 g/mol. The molecule has 108 valence electrons. The summed E-state index contributed by atoms with van der Waals surface area (Å²) < 4.78 is 0. The number of carbonyl (C=O) groups excluding carboxylic acids is 1. The van der Waals surface area contributed by atoms with Crippen molar-refractivity contribution in [2.24, 2.45) is 0 Å². The summed E-state index contributed by atoms with van der Waals surface area (Å²) in [6, 6.07) is 8.64. The van der Waals surface area contributed by atoms with Gasteiger partial charge in [0.2, 0.25) is 5.91 Å². The number of benzene rings is 1. The molecule has 1 unspecified atom stereocenters. The minimum Gasteiger partial charge on any atom is -0.465 e. The molecule has 6 heteroatoms. The molecule has 0 radical (unpaired) electrons. The van der Waals surface area contributed by atoms with E-state index in [4.69, 9.17) is 5.11 Å². The van der Waals surface area contributed by atoms with Gasteiger partial charge in [0.15, 0.2) is 0 Å². The Hall–Kier alpha value is -2.63. The van der Waals surface area contributed by atoms with Gasteiger partial charge in [0.05, 0.1) is 11.2 Å². The molecule has 21 heavy (non-hydrogen) atoms. The van der Waals surface area contributed by atoms with Crippen LogP contribution in [0.4, 0.5) is 10.5 Å². The third kappa shape index (κ3) is 2.52. The van der Waals surface area contributed by atoms with Crippen molar-refractivity contribution < 1.29 is 14.7 Å². The van der Waals surface area contributed by atoms with Crippen LogP contribution in [0.1, 0.15) is 12.8 Å². The number of rotatable bonds is 2. The van der Waals surface area contributed by atoms with Crippen LogP contribution in [0.5, 0.6) is 0 Å². The Kier molecular flexibility index (Phi) is 3.43. The molecule has 1 fully saturated rings. The van der Waals surface area contributed by atoms with E-state index in [2.05, 4.69) is 10.3 Å². The van der Waals surface area contributed by atoms with Gasteiger partial charge in [-0.15, -0.1) is 0 Å². The highest BCUT2D eigenvalue weighted by atomic mass is 16.4. The number of carboxylic acid groups (broad SMARTS) is 1. The fourth-order valence-electron chi connectivity index (χ4n) is 2.69. The van der Waals surface area contributed by atoms with Crippen molar-refractivity contribution in [3.8, 4) is 0 Å². The highest BCUT2D eigenvalue weighted by Crippen LogP contribution is 2.23. The number of hydrogen-bond acceptors (Lipinski definition) is 3. The van der Waals surface area contributed by atoms with Gasteiger partial charge < -0.3 is 10.4 Å². The zero-order valence-electron chi connectivity index (χ0n) is 11.3. The van der Waals surface area contributed by atoms with Gasteiger partial charge in [-0.2, -0.15) is 0 Å². The number of fused-ring (bicyclic) bond motifs is 1. The van der Waals surface area contributed by atoms with Crippen LogP contribution in [-0.4, -0.2) is 39.6 Å². The second-order valence-electron chi connectivity index (χ2n) is 5.00. The van der Waals surface area contributed by atoms with Crippen molar-refractivity contribution in [3.05, 3.63) is 36.5 Å². The number of carbonyl (C=O) groups is 2. The zero-order chi connectivity index (χ0) is 14.8. The number of nitrogens with one attached hydrogen (secondary N) is 1. The first-order chi connectivity index (χ1) is 10.2. The molecule has 2 aromatic rings. The summed E-state index contributed by atoms with van der Waals surface area (Å²) in [6.07, 6.45) is 1.87. The summed E-state index contributed by atoms with van der Waals surface area (Å²) in [4.78, 5) is 28.9. The molecular weight excluding hydrogens is 270 g/mol. The lowest BCUT2D eigenvalue weighted by Crippen LogP contribution is -2.42. The molecule has 1 aliphatic rings. The zero-order valence-corrected chi connectivity index (χ0v) is 11.3. The summed E-state index contributed by atoms with van der Waals surface area (Å²) in [7, 11) is 0. The van der Waals surface area contributed by atoms with Gasteiger partial charge in [0, 0.05) is 18.1 Å². The summed E-state index contributed by atoms with van der Waals surface area (Å²) in [5, 5.41) is 12.8. The van der Waals surface area contributed by atoms with E-state index in [9.17, 15) is 9.59 Å². The molecule has 1 saturated heterocycles. The highest BCUT2D eigenvalue weighted by Gasteiger charge is 2.34. The minimum atomic E-state index is -1.05. The van der Waals surface area contributed by atoms with Gasteiger partial charge in [-0.05, 0) is 25.0 Å². The van der Waals surface area contributed by atoms with E-state index in [1.165, 1.54) is 4.90 Å². The summed E-state index contributed by atoms with van der Waals surface area (Å²) in [5.41, 5.74) is 1.31. The second kappa shape index (κ2) is 5.40. The number of amides is 2. The first-order valence-electron chi connectivity index (χ1n) is 6.81. The number of hydrogen-bond donors (Lipinski definition) is 2. The Morgan fingerprint density at radius 1 is 1.29 bits per heavy atom. The fourth-order valence-corrected chi connectivity index (χ4v) is 2.69. The minimum absolute atomic E-state index is 0.298. The van der Waals surface area contributed by atoms with Crippen molar-refractivity contribution in [2.75, 3.05) is 11.9 Å².